The topological polar surface area (TPSA) is 82.2 Å². The number of hydrogen-bond donors (Lipinski definition) is 1. The van der Waals surface area contributed by atoms with E-state index in [1.165, 1.54) is 10.9 Å². The average molecular weight is 276 g/mol. The van der Waals surface area contributed by atoms with Crippen LogP contribution in [0, 0.1) is 10.1 Å². The summed E-state index contributed by atoms with van der Waals surface area (Å²) >= 11 is 0. The number of aryl methyl sites for hydroxylation is 1. The number of para-hydroxylation sites is 1. The molecule has 0 bridgehead atoms. The summed E-state index contributed by atoms with van der Waals surface area (Å²) in [5, 5.41) is 17.9. The van der Waals surface area contributed by atoms with Crippen molar-refractivity contribution in [2.45, 2.75) is 6.42 Å². The number of benzene rings is 1. The van der Waals surface area contributed by atoms with Gasteiger partial charge >= 0.3 is 5.69 Å². The van der Waals surface area contributed by atoms with Crippen molar-refractivity contribution < 1.29 is 9.66 Å². The number of hydrogen-bond acceptors (Lipinski definition) is 5. The van der Waals surface area contributed by atoms with Crippen LogP contribution in [-0.4, -0.2) is 28.4 Å². The zero-order valence-electron chi connectivity index (χ0n) is 11.4. The highest BCUT2D eigenvalue weighted by molar-refractivity contribution is 5.54. The lowest BCUT2D eigenvalue weighted by atomic mass is 10.1. The maximum Gasteiger partial charge on any atom is 0.330 e. The van der Waals surface area contributed by atoms with Crippen molar-refractivity contribution in [3.05, 3.63) is 46.1 Å². The zero-order valence-corrected chi connectivity index (χ0v) is 11.4. The second-order valence-electron chi connectivity index (χ2n) is 4.28. The summed E-state index contributed by atoms with van der Waals surface area (Å²) in [5.41, 5.74) is 1.02. The van der Waals surface area contributed by atoms with E-state index in [9.17, 15) is 10.1 Å². The van der Waals surface area contributed by atoms with E-state index in [0.717, 1.165) is 11.3 Å². The third-order valence-electron chi connectivity index (χ3n) is 2.89. The number of rotatable bonds is 6. The van der Waals surface area contributed by atoms with Crippen molar-refractivity contribution in [1.29, 1.82) is 0 Å². The molecule has 0 aliphatic heterocycles. The Morgan fingerprint density at radius 1 is 1.45 bits per heavy atom. The van der Waals surface area contributed by atoms with Crippen LogP contribution in [0.1, 0.15) is 5.56 Å². The summed E-state index contributed by atoms with van der Waals surface area (Å²) in [5.74, 6) is 1.09. The van der Waals surface area contributed by atoms with E-state index in [2.05, 4.69) is 10.4 Å². The predicted octanol–water partition coefficient (Wildman–Crippen LogP) is 1.99. The van der Waals surface area contributed by atoms with Crippen LogP contribution >= 0.6 is 0 Å². The first-order valence-electron chi connectivity index (χ1n) is 6.15. The highest BCUT2D eigenvalue weighted by Crippen LogP contribution is 2.22. The Hall–Kier alpha value is -2.57. The molecule has 0 atom stereocenters. The minimum Gasteiger partial charge on any atom is -0.496 e. The first kappa shape index (κ1) is 13.9. The first-order chi connectivity index (χ1) is 9.61. The summed E-state index contributed by atoms with van der Waals surface area (Å²) in [6.45, 7) is 0.540. The summed E-state index contributed by atoms with van der Waals surface area (Å²) in [4.78, 5) is 10.4. The van der Waals surface area contributed by atoms with Gasteiger partial charge in [-0.2, -0.15) is 0 Å². The molecule has 0 fully saturated rings. The first-order valence-corrected chi connectivity index (χ1v) is 6.15. The Kier molecular flexibility index (Phi) is 4.19. The zero-order chi connectivity index (χ0) is 14.5. The minimum absolute atomic E-state index is 0.0208. The second kappa shape index (κ2) is 6.05. The van der Waals surface area contributed by atoms with Gasteiger partial charge in [-0.3, -0.25) is 14.8 Å². The number of nitrogens with one attached hydrogen (secondary N) is 1. The molecule has 1 aromatic carbocycles. The van der Waals surface area contributed by atoms with Gasteiger partial charge in [-0.25, -0.2) is 0 Å². The van der Waals surface area contributed by atoms with E-state index < -0.39 is 4.92 Å². The molecule has 0 aliphatic rings. The Morgan fingerprint density at radius 3 is 2.90 bits per heavy atom. The van der Waals surface area contributed by atoms with Crippen LogP contribution in [-0.2, 0) is 13.5 Å². The number of nitro groups is 1. The molecule has 106 valence electrons. The number of nitrogens with zero attached hydrogens (tertiary/aromatic N) is 3. The molecule has 2 aromatic rings. The lowest BCUT2D eigenvalue weighted by Gasteiger charge is -2.08. The molecule has 7 nitrogen and oxygen atoms in total. The van der Waals surface area contributed by atoms with Gasteiger partial charge in [0, 0.05) is 13.6 Å². The number of anilines is 1. The van der Waals surface area contributed by atoms with Gasteiger partial charge < -0.3 is 10.1 Å². The van der Waals surface area contributed by atoms with Crippen molar-refractivity contribution >= 4 is 11.5 Å². The van der Waals surface area contributed by atoms with Gasteiger partial charge in [0.15, 0.2) is 0 Å². The van der Waals surface area contributed by atoms with Crippen molar-refractivity contribution in [2.75, 3.05) is 19.0 Å². The fourth-order valence-corrected chi connectivity index (χ4v) is 1.96. The van der Waals surface area contributed by atoms with Gasteiger partial charge in [0.2, 0.25) is 5.82 Å². The standard InChI is InChI=1S/C13H16N4O3/c1-16-9-11(17(18)19)13(15-16)14-8-7-10-5-3-4-6-12(10)20-2/h3-6,9H,7-8H2,1-2H3,(H,14,15). The molecule has 0 unspecified atom stereocenters. The van der Waals surface area contributed by atoms with Crippen LogP contribution in [0.25, 0.3) is 0 Å². The quantitative estimate of drug-likeness (QED) is 0.644. The molecule has 20 heavy (non-hydrogen) atoms. The van der Waals surface area contributed by atoms with Gasteiger partial charge in [0.1, 0.15) is 11.9 Å². The van der Waals surface area contributed by atoms with Crippen molar-refractivity contribution in [2.24, 2.45) is 7.05 Å². The lowest BCUT2D eigenvalue weighted by Crippen LogP contribution is -2.08. The van der Waals surface area contributed by atoms with Crippen molar-refractivity contribution in [1.82, 2.24) is 9.78 Å². The van der Waals surface area contributed by atoms with E-state index >= 15 is 0 Å². The predicted molar refractivity (Wildman–Crippen MR) is 75.1 cm³/mol. The Labute approximate surface area is 116 Å². The molecule has 0 spiro atoms. The van der Waals surface area contributed by atoms with Crippen LogP contribution < -0.4 is 10.1 Å². The largest absolute Gasteiger partial charge is 0.496 e. The van der Waals surface area contributed by atoms with E-state index in [4.69, 9.17) is 4.74 Å². The van der Waals surface area contributed by atoms with Crippen LogP contribution in [0.2, 0.25) is 0 Å². The fourth-order valence-electron chi connectivity index (χ4n) is 1.96. The summed E-state index contributed by atoms with van der Waals surface area (Å²) < 4.78 is 6.68. The van der Waals surface area contributed by atoms with Gasteiger partial charge in [0.25, 0.3) is 0 Å². The Balaban J connectivity index is 2.01. The maximum absolute atomic E-state index is 10.9. The van der Waals surface area contributed by atoms with Gasteiger partial charge in [-0.15, -0.1) is 5.10 Å². The molecular weight excluding hydrogens is 260 g/mol. The SMILES string of the molecule is COc1ccccc1CCNc1nn(C)cc1[N+](=O)[O-]. The average Bonchev–Trinajstić information content (AvgIpc) is 2.81. The molecular formula is C13H16N4O3. The van der Waals surface area contributed by atoms with Crippen LogP contribution in [0.5, 0.6) is 5.75 Å². The van der Waals surface area contributed by atoms with Gasteiger partial charge in [-0.1, -0.05) is 18.2 Å². The molecule has 0 saturated heterocycles. The second-order valence-corrected chi connectivity index (χ2v) is 4.28. The highest BCUT2D eigenvalue weighted by atomic mass is 16.6. The fraction of sp³-hybridized carbons (Fsp3) is 0.308. The van der Waals surface area contributed by atoms with Crippen molar-refractivity contribution in [3.8, 4) is 5.75 Å². The minimum atomic E-state index is -0.446. The normalized spacial score (nSPS) is 10.3. The molecule has 7 heteroatoms. The maximum atomic E-state index is 10.9. The van der Waals surface area contributed by atoms with Crippen molar-refractivity contribution in [3.63, 3.8) is 0 Å². The molecule has 2 rings (SSSR count). The summed E-state index contributed by atoms with van der Waals surface area (Å²) in [6.07, 6.45) is 2.07. The van der Waals surface area contributed by atoms with Gasteiger partial charge in [-0.05, 0) is 18.1 Å². The van der Waals surface area contributed by atoms with E-state index in [0.29, 0.717) is 13.0 Å². The monoisotopic (exact) mass is 276 g/mol. The molecule has 0 radical (unpaired) electrons. The smallest absolute Gasteiger partial charge is 0.330 e. The number of methoxy groups -OCH3 is 1. The Bertz CT molecular complexity index is 609. The van der Waals surface area contributed by atoms with E-state index in [1.54, 1.807) is 14.2 Å². The van der Waals surface area contributed by atoms with Crippen LogP contribution in [0.3, 0.4) is 0 Å². The number of ether oxygens (including phenoxy) is 1. The van der Waals surface area contributed by atoms with Gasteiger partial charge in [0.05, 0.1) is 12.0 Å². The summed E-state index contributed by atoms with van der Waals surface area (Å²) in [7, 11) is 3.27. The highest BCUT2D eigenvalue weighted by Gasteiger charge is 2.17. The molecule has 1 N–H and O–H groups in total. The summed E-state index contributed by atoms with van der Waals surface area (Å²) in [6, 6.07) is 7.69. The van der Waals surface area contributed by atoms with Crippen LogP contribution in [0.4, 0.5) is 11.5 Å². The Morgan fingerprint density at radius 2 is 2.20 bits per heavy atom. The molecule has 1 aromatic heterocycles. The molecule has 0 aliphatic carbocycles. The van der Waals surface area contributed by atoms with E-state index in [-0.39, 0.29) is 11.5 Å². The molecule has 0 saturated carbocycles. The molecule has 1 heterocycles. The third-order valence-corrected chi connectivity index (χ3v) is 2.89. The number of aromatic nitrogens is 2. The third kappa shape index (κ3) is 3.05. The van der Waals surface area contributed by atoms with E-state index in [1.807, 2.05) is 24.3 Å². The lowest BCUT2D eigenvalue weighted by molar-refractivity contribution is -0.384. The molecule has 0 amide bonds. The van der Waals surface area contributed by atoms with Crippen LogP contribution in [0.15, 0.2) is 30.5 Å².